The molecular formula is C13H21N3. The molecule has 1 aromatic heterocycles. The molecule has 1 atom stereocenters. The number of hydrogen-bond donors (Lipinski definition) is 2. The van der Waals surface area contributed by atoms with Crippen molar-refractivity contribution in [2.24, 2.45) is 5.73 Å². The van der Waals surface area contributed by atoms with E-state index in [9.17, 15) is 0 Å². The van der Waals surface area contributed by atoms with Crippen molar-refractivity contribution in [3.8, 4) is 0 Å². The van der Waals surface area contributed by atoms with Crippen molar-refractivity contribution < 1.29 is 0 Å². The van der Waals surface area contributed by atoms with Crippen molar-refractivity contribution in [2.45, 2.75) is 45.1 Å². The number of aromatic nitrogens is 1. The number of pyridine rings is 1. The summed E-state index contributed by atoms with van der Waals surface area (Å²) in [5.74, 6) is 0.990. The summed E-state index contributed by atoms with van der Waals surface area (Å²) >= 11 is 0. The van der Waals surface area contributed by atoms with Crippen LogP contribution in [0.2, 0.25) is 0 Å². The van der Waals surface area contributed by atoms with Gasteiger partial charge in [0.15, 0.2) is 0 Å². The molecule has 3 heteroatoms. The lowest BCUT2D eigenvalue weighted by molar-refractivity contribution is 0.645. The Bertz CT molecular complexity index is 349. The Kier molecular flexibility index (Phi) is 3.78. The second-order valence-corrected chi connectivity index (χ2v) is 4.52. The average molecular weight is 219 g/mol. The molecule has 0 fully saturated rings. The molecule has 0 amide bonds. The molecule has 1 aromatic rings. The molecule has 3 N–H and O–H groups in total. The van der Waals surface area contributed by atoms with Crippen LogP contribution in [0.25, 0.3) is 0 Å². The predicted octanol–water partition coefficient (Wildman–Crippen LogP) is 2.11. The molecule has 0 aromatic carbocycles. The molecule has 1 heterocycles. The van der Waals surface area contributed by atoms with Gasteiger partial charge in [0, 0.05) is 18.3 Å². The summed E-state index contributed by atoms with van der Waals surface area (Å²) in [5.41, 5.74) is 8.43. The van der Waals surface area contributed by atoms with Gasteiger partial charge in [-0.2, -0.15) is 0 Å². The molecule has 1 aliphatic carbocycles. The van der Waals surface area contributed by atoms with Crippen LogP contribution < -0.4 is 11.1 Å². The lowest BCUT2D eigenvalue weighted by Gasteiger charge is -2.17. The van der Waals surface area contributed by atoms with E-state index in [4.69, 9.17) is 5.73 Å². The first-order valence-corrected chi connectivity index (χ1v) is 6.29. The molecule has 3 nitrogen and oxygen atoms in total. The SMILES string of the molecule is CCCC(CN)Nc1ccc2c(n1)CCC2. The van der Waals surface area contributed by atoms with E-state index in [1.165, 1.54) is 24.1 Å². The van der Waals surface area contributed by atoms with Crippen LogP contribution in [0, 0.1) is 0 Å². The molecule has 1 unspecified atom stereocenters. The van der Waals surface area contributed by atoms with Gasteiger partial charge in [-0.3, -0.25) is 0 Å². The molecule has 0 aliphatic heterocycles. The molecular weight excluding hydrogens is 198 g/mol. The molecule has 0 saturated heterocycles. The molecule has 0 spiro atoms. The Balaban J connectivity index is 2.04. The van der Waals surface area contributed by atoms with E-state index in [2.05, 4.69) is 29.4 Å². The average Bonchev–Trinajstić information content (AvgIpc) is 2.75. The van der Waals surface area contributed by atoms with E-state index in [0.717, 1.165) is 25.1 Å². The molecule has 0 radical (unpaired) electrons. The van der Waals surface area contributed by atoms with Gasteiger partial charge in [0.1, 0.15) is 5.82 Å². The second kappa shape index (κ2) is 5.30. The van der Waals surface area contributed by atoms with Crippen LogP contribution in [0.15, 0.2) is 12.1 Å². The third kappa shape index (κ3) is 2.53. The van der Waals surface area contributed by atoms with Crippen molar-refractivity contribution in [3.05, 3.63) is 23.4 Å². The van der Waals surface area contributed by atoms with E-state index in [-0.39, 0.29) is 0 Å². The number of nitrogens with two attached hydrogens (primary N) is 1. The lowest BCUT2D eigenvalue weighted by atomic mass is 10.1. The maximum atomic E-state index is 5.73. The smallest absolute Gasteiger partial charge is 0.126 e. The van der Waals surface area contributed by atoms with Gasteiger partial charge in [-0.05, 0) is 37.3 Å². The fraction of sp³-hybridized carbons (Fsp3) is 0.615. The largest absolute Gasteiger partial charge is 0.366 e. The number of rotatable bonds is 5. The Morgan fingerprint density at radius 2 is 2.31 bits per heavy atom. The van der Waals surface area contributed by atoms with Gasteiger partial charge in [0.25, 0.3) is 0 Å². The van der Waals surface area contributed by atoms with Gasteiger partial charge in [0.05, 0.1) is 0 Å². The standard InChI is InChI=1S/C13H21N3/c1-2-4-11(9-14)15-13-8-7-10-5-3-6-12(10)16-13/h7-8,11H,2-6,9,14H2,1H3,(H,15,16). The van der Waals surface area contributed by atoms with Crippen LogP contribution >= 0.6 is 0 Å². The van der Waals surface area contributed by atoms with Crippen LogP contribution in [0.3, 0.4) is 0 Å². The number of anilines is 1. The molecule has 0 bridgehead atoms. The summed E-state index contributed by atoms with van der Waals surface area (Å²) in [4.78, 5) is 4.66. The van der Waals surface area contributed by atoms with Crippen LogP contribution in [0.1, 0.15) is 37.4 Å². The molecule has 1 aliphatic rings. The van der Waals surface area contributed by atoms with Gasteiger partial charge in [-0.1, -0.05) is 19.4 Å². The number of nitrogens with zero attached hydrogens (tertiary/aromatic N) is 1. The van der Waals surface area contributed by atoms with Crippen LogP contribution in [0.4, 0.5) is 5.82 Å². The highest BCUT2D eigenvalue weighted by molar-refractivity contribution is 5.41. The van der Waals surface area contributed by atoms with E-state index in [1.807, 2.05) is 0 Å². The summed E-state index contributed by atoms with van der Waals surface area (Å²) in [7, 11) is 0. The Labute approximate surface area is 97.5 Å². The maximum absolute atomic E-state index is 5.73. The lowest BCUT2D eigenvalue weighted by Crippen LogP contribution is -2.29. The fourth-order valence-corrected chi connectivity index (χ4v) is 2.31. The van der Waals surface area contributed by atoms with Gasteiger partial charge >= 0.3 is 0 Å². The van der Waals surface area contributed by atoms with Crippen molar-refractivity contribution in [3.63, 3.8) is 0 Å². The number of aryl methyl sites for hydroxylation is 2. The third-order valence-corrected chi connectivity index (χ3v) is 3.20. The maximum Gasteiger partial charge on any atom is 0.126 e. The van der Waals surface area contributed by atoms with Gasteiger partial charge in [-0.15, -0.1) is 0 Å². The zero-order valence-corrected chi connectivity index (χ0v) is 10.00. The highest BCUT2D eigenvalue weighted by atomic mass is 15.0. The monoisotopic (exact) mass is 219 g/mol. The summed E-state index contributed by atoms with van der Waals surface area (Å²) in [5, 5.41) is 3.42. The molecule has 0 saturated carbocycles. The highest BCUT2D eigenvalue weighted by Gasteiger charge is 2.13. The van der Waals surface area contributed by atoms with Crippen molar-refractivity contribution in [1.82, 2.24) is 4.98 Å². The van der Waals surface area contributed by atoms with E-state index in [1.54, 1.807) is 0 Å². The third-order valence-electron chi connectivity index (χ3n) is 3.20. The molecule has 2 rings (SSSR count). The molecule has 88 valence electrons. The Morgan fingerprint density at radius 3 is 3.06 bits per heavy atom. The van der Waals surface area contributed by atoms with Crippen LogP contribution in [0.5, 0.6) is 0 Å². The van der Waals surface area contributed by atoms with Gasteiger partial charge < -0.3 is 11.1 Å². The fourth-order valence-electron chi connectivity index (χ4n) is 2.31. The normalized spacial score (nSPS) is 15.9. The van der Waals surface area contributed by atoms with Gasteiger partial charge in [0.2, 0.25) is 0 Å². The quantitative estimate of drug-likeness (QED) is 0.797. The Morgan fingerprint density at radius 1 is 1.44 bits per heavy atom. The van der Waals surface area contributed by atoms with E-state index in [0.29, 0.717) is 12.6 Å². The number of fused-ring (bicyclic) bond motifs is 1. The number of nitrogens with one attached hydrogen (secondary N) is 1. The summed E-state index contributed by atoms with van der Waals surface area (Å²) in [6.07, 6.45) is 5.83. The van der Waals surface area contributed by atoms with Crippen LogP contribution in [-0.2, 0) is 12.8 Å². The summed E-state index contributed by atoms with van der Waals surface area (Å²) in [6.45, 7) is 2.85. The van der Waals surface area contributed by atoms with E-state index >= 15 is 0 Å². The summed E-state index contributed by atoms with van der Waals surface area (Å²) < 4.78 is 0. The second-order valence-electron chi connectivity index (χ2n) is 4.52. The topological polar surface area (TPSA) is 50.9 Å². The first-order chi connectivity index (χ1) is 7.83. The summed E-state index contributed by atoms with van der Waals surface area (Å²) in [6, 6.07) is 4.65. The Hall–Kier alpha value is -1.09. The zero-order chi connectivity index (χ0) is 11.4. The van der Waals surface area contributed by atoms with Crippen molar-refractivity contribution in [1.29, 1.82) is 0 Å². The zero-order valence-electron chi connectivity index (χ0n) is 10.00. The van der Waals surface area contributed by atoms with E-state index < -0.39 is 0 Å². The van der Waals surface area contributed by atoms with Gasteiger partial charge in [-0.25, -0.2) is 4.98 Å². The number of hydrogen-bond acceptors (Lipinski definition) is 3. The predicted molar refractivity (Wildman–Crippen MR) is 67.6 cm³/mol. The minimum Gasteiger partial charge on any atom is -0.366 e. The van der Waals surface area contributed by atoms with Crippen molar-refractivity contribution in [2.75, 3.05) is 11.9 Å². The van der Waals surface area contributed by atoms with Crippen molar-refractivity contribution >= 4 is 5.82 Å². The first kappa shape index (κ1) is 11.4. The van der Waals surface area contributed by atoms with Crippen LogP contribution in [-0.4, -0.2) is 17.6 Å². The highest BCUT2D eigenvalue weighted by Crippen LogP contribution is 2.21. The first-order valence-electron chi connectivity index (χ1n) is 6.29. The molecule has 16 heavy (non-hydrogen) atoms. The minimum absolute atomic E-state index is 0.358. The minimum atomic E-state index is 0.358.